The highest BCUT2D eigenvalue weighted by Gasteiger charge is 2.32. The molecule has 0 atom stereocenters. The summed E-state index contributed by atoms with van der Waals surface area (Å²) in [5.41, 5.74) is 4.02. The zero-order valence-corrected chi connectivity index (χ0v) is 20.2. The molecular formula is C23H21N3O3S3. The smallest absolute Gasteiger partial charge is 0.266 e. The molecule has 0 unspecified atom stereocenters. The second-order valence-electron chi connectivity index (χ2n) is 7.35. The Hall–Kier alpha value is -2.75. The summed E-state index contributed by atoms with van der Waals surface area (Å²) < 4.78 is 6.65. The standard InChI is InChI=1S/C23H21N3O3S3/c1-13-10-14(2)20-17(11-13)31-22(25-20)24-19(27)8-9-26-21(28)18(32-23(26)30)12-15-4-6-16(29-3)7-5-15/h4-7,10-12H,8-9H2,1-3H3,(H,24,25,27)/b18-12-. The zero-order valence-electron chi connectivity index (χ0n) is 17.8. The number of thioether (sulfide) groups is 1. The van der Waals surface area contributed by atoms with Gasteiger partial charge in [0.05, 0.1) is 22.2 Å². The predicted octanol–water partition coefficient (Wildman–Crippen LogP) is 5.15. The Kier molecular flexibility index (Phi) is 6.59. The SMILES string of the molecule is COc1ccc(/C=C2\SC(=S)N(CCC(=O)Nc3nc4c(C)cc(C)cc4s3)C2=O)cc1. The number of ether oxygens (including phenoxy) is 1. The van der Waals surface area contributed by atoms with Crippen molar-refractivity contribution in [2.75, 3.05) is 19.0 Å². The van der Waals surface area contributed by atoms with Crippen LogP contribution in [-0.2, 0) is 9.59 Å². The van der Waals surface area contributed by atoms with Gasteiger partial charge in [-0.25, -0.2) is 4.98 Å². The molecule has 0 saturated carbocycles. The number of carbonyl (C=O) groups is 2. The quantitative estimate of drug-likeness (QED) is 0.386. The highest BCUT2D eigenvalue weighted by molar-refractivity contribution is 8.26. The van der Waals surface area contributed by atoms with Crippen LogP contribution in [0.4, 0.5) is 5.13 Å². The number of aromatic nitrogens is 1. The van der Waals surface area contributed by atoms with Gasteiger partial charge in [0.2, 0.25) is 5.91 Å². The number of nitrogens with one attached hydrogen (secondary N) is 1. The summed E-state index contributed by atoms with van der Waals surface area (Å²) in [5, 5.41) is 3.41. The van der Waals surface area contributed by atoms with E-state index in [2.05, 4.69) is 22.4 Å². The lowest BCUT2D eigenvalue weighted by Crippen LogP contribution is -2.31. The molecule has 0 radical (unpaired) electrons. The molecule has 164 valence electrons. The lowest BCUT2D eigenvalue weighted by atomic mass is 10.1. The number of anilines is 1. The molecule has 2 aromatic carbocycles. The molecule has 0 aliphatic carbocycles. The van der Waals surface area contributed by atoms with E-state index in [1.807, 2.05) is 38.1 Å². The number of carbonyl (C=O) groups excluding carboxylic acids is 2. The number of rotatable bonds is 6. The monoisotopic (exact) mass is 483 g/mol. The number of hydrogen-bond acceptors (Lipinski definition) is 7. The number of aryl methyl sites for hydroxylation is 2. The molecule has 6 nitrogen and oxygen atoms in total. The van der Waals surface area contributed by atoms with Crippen molar-refractivity contribution in [2.45, 2.75) is 20.3 Å². The first-order chi connectivity index (χ1) is 15.3. The summed E-state index contributed by atoms with van der Waals surface area (Å²) in [6, 6.07) is 11.6. The van der Waals surface area contributed by atoms with E-state index in [1.54, 1.807) is 13.2 Å². The van der Waals surface area contributed by atoms with Gasteiger partial charge < -0.3 is 10.1 Å². The van der Waals surface area contributed by atoms with Crippen molar-refractivity contribution in [1.82, 2.24) is 9.88 Å². The molecule has 1 fully saturated rings. The van der Waals surface area contributed by atoms with Crippen molar-refractivity contribution in [2.24, 2.45) is 0 Å². The molecule has 0 bridgehead atoms. The van der Waals surface area contributed by atoms with Crippen molar-refractivity contribution in [1.29, 1.82) is 0 Å². The number of methoxy groups -OCH3 is 1. The van der Waals surface area contributed by atoms with E-state index < -0.39 is 0 Å². The average Bonchev–Trinajstić information content (AvgIpc) is 3.27. The summed E-state index contributed by atoms with van der Waals surface area (Å²) in [4.78, 5) is 31.8. The van der Waals surface area contributed by atoms with Crippen LogP contribution in [0, 0.1) is 13.8 Å². The van der Waals surface area contributed by atoms with Gasteiger partial charge >= 0.3 is 0 Å². The molecule has 1 saturated heterocycles. The van der Waals surface area contributed by atoms with Crippen LogP contribution in [-0.4, -0.2) is 39.7 Å². The van der Waals surface area contributed by atoms with E-state index in [4.69, 9.17) is 17.0 Å². The number of hydrogen-bond donors (Lipinski definition) is 1. The molecule has 9 heteroatoms. The fraction of sp³-hybridized carbons (Fsp3) is 0.217. The molecular weight excluding hydrogens is 462 g/mol. The number of thiazole rings is 1. The van der Waals surface area contributed by atoms with E-state index in [0.717, 1.165) is 32.7 Å². The molecule has 32 heavy (non-hydrogen) atoms. The van der Waals surface area contributed by atoms with Crippen molar-refractivity contribution in [3.63, 3.8) is 0 Å². The van der Waals surface area contributed by atoms with Gasteiger partial charge in [-0.2, -0.15) is 0 Å². The van der Waals surface area contributed by atoms with Gasteiger partial charge in [-0.05, 0) is 54.8 Å². The third-order valence-electron chi connectivity index (χ3n) is 4.93. The minimum Gasteiger partial charge on any atom is -0.497 e. The zero-order chi connectivity index (χ0) is 22.8. The Bertz CT molecular complexity index is 1250. The Labute approximate surface area is 199 Å². The average molecular weight is 484 g/mol. The summed E-state index contributed by atoms with van der Waals surface area (Å²) in [6.07, 6.45) is 1.93. The molecule has 1 N–H and O–H groups in total. The van der Waals surface area contributed by atoms with Crippen molar-refractivity contribution in [3.8, 4) is 5.75 Å². The third-order valence-corrected chi connectivity index (χ3v) is 7.22. The van der Waals surface area contributed by atoms with Crippen LogP contribution < -0.4 is 10.1 Å². The normalized spacial score (nSPS) is 15.1. The van der Waals surface area contributed by atoms with Gasteiger partial charge in [-0.1, -0.05) is 53.5 Å². The van der Waals surface area contributed by atoms with Crippen LogP contribution in [0.5, 0.6) is 5.75 Å². The van der Waals surface area contributed by atoms with Gasteiger partial charge in [-0.15, -0.1) is 0 Å². The van der Waals surface area contributed by atoms with Gasteiger partial charge in [-0.3, -0.25) is 14.5 Å². The molecule has 2 heterocycles. The maximum absolute atomic E-state index is 12.8. The van der Waals surface area contributed by atoms with Gasteiger partial charge in [0.15, 0.2) is 5.13 Å². The van der Waals surface area contributed by atoms with Crippen LogP contribution in [0.3, 0.4) is 0 Å². The van der Waals surface area contributed by atoms with Crippen molar-refractivity contribution < 1.29 is 14.3 Å². The molecule has 3 aromatic rings. The van der Waals surface area contributed by atoms with E-state index >= 15 is 0 Å². The summed E-state index contributed by atoms with van der Waals surface area (Å²) in [6.45, 7) is 4.27. The maximum atomic E-state index is 12.8. The number of thiocarbonyl (C=S) groups is 1. The minimum absolute atomic E-state index is 0.135. The van der Waals surface area contributed by atoms with Crippen LogP contribution in [0.1, 0.15) is 23.1 Å². The third kappa shape index (κ3) is 4.85. The van der Waals surface area contributed by atoms with Crippen molar-refractivity contribution >= 4 is 72.9 Å². The lowest BCUT2D eigenvalue weighted by Gasteiger charge is -2.13. The fourth-order valence-corrected chi connectivity index (χ4v) is 5.73. The number of nitrogens with zero attached hydrogens (tertiary/aromatic N) is 2. The first-order valence-electron chi connectivity index (χ1n) is 9.91. The Morgan fingerprint density at radius 3 is 2.72 bits per heavy atom. The van der Waals surface area contributed by atoms with E-state index in [0.29, 0.717) is 14.4 Å². The van der Waals surface area contributed by atoms with Crippen molar-refractivity contribution in [3.05, 3.63) is 58.0 Å². The number of fused-ring (bicyclic) bond motifs is 1. The predicted molar refractivity (Wildman–Crippen MR) is 135 cm³/mol. The fourth-order valence-electron chi connectivity index (χ4n) is 3.36. The Morgan fingerprint density at radius 1 is 1.25 bits per heavy atom. The van der Waals surface area contributed by atoms with Crippen LogP contribution in [0.2, 0.25) is 0 Å². The van der Waals surface area contributed by atoms with Crippen LogP contribution >= 0.6 is 35.3 Å². The molecule has 4 rings (SSSR count). The number of benzene rings is 2. The molecule has 1 aromatic heterocycles. The molecule has 0 spiro atoms. The first kappa shape index (κ1) is 22.4. The van der Waals surface area contributed by atoms with E-state index in [1.165, 1.54) is 28.0 Å². The van der Waals surface area contributed by atoms with Crippen LogP contribution in [0.25, 0.3) is 16.3 Å². The molecule has 1 aliphatic rings. The largest absolute Gasteiger partial charge is 0.497 e. The van der Waals surface area contributed by atoms with Crippen LogP contribution in [0.15, 0.2) is 41.3 Å². The van der Waals surface area contributed by atoms with Gasteiger partial charge in [0.1, 0.15) is 10.1 Å². The second-order valence-corrected chi connectivity index (χ2v) is 10.1. The molecule has 2 amide bonds. The van der Waals surface area contributed by atoms with E-state index in [9.17, 15) is 9.59 Å². The highest BCUT2D eigenvalue weighted by atomic mass is 32.2. The minimum atomic E-state index is -0.202. The molecule has 1 aliphatic heterocycles. The maximum Gasteiger partial charge on any atom is 0.266 e. The summed E-state index contributed by atoms with van der Waals surface area (Å²) >= 11 is 8.06. The summed E-state index contributed by atoms with van der Waals surface area (Å²) in [5.74, 6) is 0.362. The topological polar surface area (TPSA) is 71.5 Å². The lowest BCUT2D eigenvalue weighted by molar-refractivity contribution is -0.122. The Balaban J connectivity index is 1.38. The van der Waals surface area contributed by atoms with Gasteiger partial charge in [0, 0.05) is 13.0 Å². The highest BCUT2D eigenvalue weighted by Crippen LogP contribution is 2.33. The van der Waals surface area contributed by atoms with E-state index in [-0.39, 0.29) is 24.8 Å². The van der Waals surface area contributed by atoms with Gasteiger partial charge in [0.25, 0.3) is 5.91 Å². The Morgan fingerprint density at radius 2 is 2.00 bits per heavy atom. The second kappa shape index (κ2) is 9.40. The summed E-state index contributed by atoms with van der Waals surface area (Å²) in [7, 11) is 1.61. The first-order valence-corrected chi connectivity index (χ1v) is 12.0. The number of amides is 2.